The minimum Gasteiger partial charge on any atom is -0.305 e. The number of aromatic nitrogens is 6. The Bertz CT molecular complexity index is 4310. The fraction of sp³-hybridized carbons (Fsp3) is 0.0938. The minimum absolute atomic E-state index is 0.824. The van der Waals surface area contributed by atoms with E-state index in [9.17, 15) is 0 Å². The van der Waals surface area contributed by atoms with Gasteiger partial charge >= 0.3 is 0 Å². The lowest BCUT2D eigenvalue weighted by atomic mass is 10.0. The van der Waals surface area contributed by atoms with Gasteiger partial charge in [0.2, 0.25) is 0 Å². The first-order chi connectivity index (χ1) is 34.2. The van der Waals surface area contributed by atoms with Crippen LogP contribution in [0.15, 0.2) is 182 Å². The second kappa shape index (κ2) is 14.9. The molecule has 0 radical (unpaired) electrons. The monoisotopic (exact) mass is 900 g/mol. The zero-order valence-corrected chi connectivity index (χ0v) is 40.0. The van der Waals surface area contributed by atoms with E-state index in [1.165, 1.54) is 76.5 Å². The van der Waals surface area contributed by atoms with Crippen molar-refractivity contribution >= 4 is 87.2 Å². The summed E-state index contributed by atoms with van der Waals surface area (Å²) in [6, 6.07) is 63.4. The molecule has 6 heterocycles. The molecule has 0 spiro atoms. The van der Waals surface area contributed by atoms with Crippen LogP contribution in [-0.2, 0) is 0 Å². The first-order valence-corrected chi connectivity index (χ1v) is 24.2. The molecule has 0 unspecified atom stereocenters. The molecule has 0 aliphatic rings. The summed E-state index contributed by atoms with van der Waals surface area (Å²) in [4.78, 5) is 11.0. The highest BCUT2D eigenvalue weighted by Crippen LogP contribution is 2.49. The van der Waals surface area contributed by atoms with E-state index in [0.717, 1.165) is 78.3 Å². The predicted molar refractivity (Wildman–Crippen MR) is 293 cm³/mol. The maximum absolute atomic E-state index is 6.37. The lowest BCUT2D eigenvalue weighted by molar-refractivity contribution is 0.960. The van der Waals surface area contributed by atoms with Crippen LogP contribution in [0.1, 0.15) is 33.4 Å². The second-order valence-corrected chi connectivity index (χ2v) is 19.6. The molecule has 8 aromatic carbocycles. The molecule has 6 nitrogen and oxygen atoms in total. The number of hydrogen-bond acceptors (Lipinski definition) is 2. The van der Waals surface area contributed by atoms with E-state index in [0.29, 0.717) is 0 Å². The normalized spacial score (nSPS) is 12.1. The second-order valence-electron chi connectivity index (χ2n) is 19.6. The van der Waals surface area contributed by atoms with Gasteiger partial charge in [0.1, 0.15) is 11.4 Å². The molecular formula is C64H48N6. The number of aryl methyl sites for hydroxylation is 6. The van der Waals surface area contributed by atoms with Gasteiger partial charge in [0.15, 0.2) is 11.6 Å². The van der Waals surface area contributed by atoms with Gasteiger partial charge in [-0.25, -0.2) is 4.98 Å². The van der Waals surface area contributed by atoms with Gasteiger partial charge < -0.3 is 9.13 Å². The van der Waals surface area contributed by atoms with Crippen LogP contribution < -0.4 is 0 Å². The number of rotatable bonds is 5. The lowest BCUT2D eigenvalue weighted by Crippen LogP contribution is -2.16. The third kappa shape index (κ3) is 5.74. The quantitative estimate of drug-likeness (QED) is 0.173. The predicted octanol–water partition coefficient (Wildman–Crippen LogP) is 16.4. The van der Waals surface area contributed by atoms with Gasteiger partial charge in [-0.1, -0.05) is 106 Å². The Balaban J connectivity index is 1.33. The van der Waals surface area contributed by atoms with Crippen LogP contribution in [0, 0.1) is 41.5 Å². The molecule has 0 aliphatic heterocycles. The van der Waals surface area contributed by atoms with Crippen LogP contribution in [0.4, 0.5) is 0 Å². The molecule has 14 rings (SSSR count). The van der Waals surface area contributed by atoms with Crippen molar-refractivity contribution in [1.29, 1.82) is 0 Å². The van der Waals surface area contributed by atoms with E-state index >= 15 is 0 Å². The number of para-hydroxylation sites is 2. The SMILES string of the molecule is Cc1ccc2c(c1)c1cc(C)ccc1n2-c1nc(-n2c3ccccc3c3ccccc32)c(-n2c3ccc(C)cc3c3cc(C)ccc32)c(-c2ccncc2)c1-n1c2ccc(C)cc2c2cc(C)ccc21. The molecular weight excluding hydrogens is 853 g/mol. The van der Waals surface area contributed by atoms with Crippen LogP contribution in [0.5, 0.6) is 0 Å². The van der Waals surface area contributed by atoms with Crippen molar-refractivity contribution < 1.29 is 0 Å². The third-order valence-electron chi connectivity index (χ3n) is 14.8. The Hall–Kier alpha value is -8.74. The molecule has 0 fully saturated rings. The Morgan fingerprint density at radius 2 is 0.571 bits per heavy atom. The molecule has 0 bridgehead atoms. The summed E-state index contributed by atoms with van der Waals surface area (Å²) in [5.74, 6) is 1.65. The average Bonchev–Trinajstić information content (AvgIpc) is 4.07. The number of hydrogen-bond donors (Lipinski definition) is 0. The van der Waals surface area contributed by atoms with Crippen LogP contribution in [0.2, 0.25) is 0 Å². The lowest BCUT2D eigenvalue weighted by Gasteiger charge is -2.27. The largest absolute Gasteiger partial charge is 0.305 e. The van der Waals surface area contributed by atoms with Crippen molar-refractivity contribution in [3.63, 3.8) is 0 Å². The number of nitrogens with zero attached hydrogens (tertiary/aromatic N) is 6. The maximum atomic E-state index is 6.37. The van der Waals surface area contributed by atoms with Crippen molar-refractivity contribution in [3.8, 4) is 34.1 Å². The summed E-state index contributed by atoms with van der Waals surface area (Å²) >= 11 is 0. The van der Waals surface area contributed by atoms with E-state index < -0.39 is 0 Å². The average molecular weight is 901 g/mol. The summed E-state index contributed by atoms with van der Waals surface area (Å²) in [6.07, 6.45) is 3.87. The van der Waals surface area contributed by atoms with E-state index in [1.807, 2.05) is 12.4 Å². The highest BCUT2D eigenvalue weighted by Gasteiger charge is 2.32. The number of benzene rings is 8. The summed E-state index contributed by atoms with van der Waals surface area (Å²) in [7, 11) is 0. The van der Waals surface area contributed by atoms with Crippen LogP contribution in [0.25, 0.3) is 121 Å². The van der Waals surface area contributed by atoms with Gasteiger partial charge in [0, 0.05) is 61.0 Å². The Kier molecular flexibility index (Phi) is 8.57. The molecule has 0 aliphatic carbocycles. The first-order valence-electron chi connectivity index (χ1n) is 24.2. The third-order valence-corrected chi connectivity index (χ3v) is 14.8. The zero-order chi connectivity index (χ0) is 47.1. The van der Waals surface area contributed by atoms with Gasteiger partial charge in [-0.15, -0.1) is 0 Å². The van der Waals surface area contributed by atoms with E-state index in [-0.39, 0.29) is 0 Å². The van der Waals surface area contributed by atoms with E-state index in [2.05, 4.69) is 235 Å². The highest BCUT2D eigenvalue weighted by atomic mass is 15.2. The van der Waals surface area contributed by atoms with Crippen molar-refractivity contribution in [3.05, 3.63) is 216 Å². The minimum atomic E-state index is 0.824. The summed E-state index contributed by atoms with van der Waals surface area (Å²) in [6.45, 7) is 13.2. The molecule has 334 valence electrons. The molecule has 14 aromatic rings. The number of fused-ring (bicyclic) bond motifs is 12. The summed E-state index contributed by atoms with van der Waals surface area (Å²) in [5, 5.41) is 9.55. The van der Waals surface area contributed by atoms with Gasteiger partial charge in [-0.2, -0.15) is 0 Å². The molecule has 0 amide bonds. The van der Waals surface area contributed by atoms with Crippen LogP contribution in [-0.4, -0.2) is 28.2 Å². The Morgan fingerprint density at radius 3 is 0.900 bits per heavy atom. The van der Waals surface area contributed by atoms with E-state index in [4.69, 9.17) is 4.98 Å². The maximum Gasteiger partial charge on any atom is 0.165 e. The fourth-order valence-corrected chi connectivity index (χ4v) is 11.7. The number of pyridine rings is 2. The van der Waals surface area contributed by atoms with Crippen molar-refractivity contribution in [1.82, 2.24) is 28.2 Å². The van der Waals surface area contributed by atoms with E-state index in [1.54, 1.807) is 0 Å². The summed E-state index contributed by atoms with van der Waals surface area (Å²) in [5.41, 5.74) is 20.1. The van der Waals surface area contributed by atoms with Gasteiger partial charge in [0.25, 0.3) is 0 Å². The van der Waals surface area contributed by atoms with Gasteiger partial charge in [-0.3, -0.25) is 14.1 Å². The fourth-order valence-electron chi connectivity index (χ4n) is 11.7. The van der Waals surface area contributed by atoms with Crippen molar-refractivity contribution in [2.45, 2.75) is 41.5 Å². The van der Waals surface area contributed by atoms with Gasteiger partial charge in [-0.05, 0) is 144 Å². The molecule has 0 saturated heterocycles. The highest BCUT2D eigenvalue weighted by molar-refractivity contribution is 6.16. The Morgan fingerprint density at radius 1 is 0.286 bits per heavy atom. The molecule has 0 saturated carbocycles. The topological polar surface area (TPSA) is 45.5 Å². The molecule has 6 heteroatoms. The summed E-state index contributed by atoms with van der Waals surface area (Å²) < 4.78 is 9.91. The van der Waals surface area contributed by atoms with Gasteiger partial charge in [0.05, 0.1) is 44.1 Å². The smallest absolute Gasteiger partial charge is 0.165 e. The van der Waals surface area contributed by atoms with Crippen LogP contribution >= 0.6 is 0 Å². The Labute approximate surface area is 404 Å². The van der Waals surface area contributed by atoms with Crippen LogP contribution in [0.3, 0.4) is 0 Å². The molecule has 6 aromatic heterocycles. The van der Waals surface area contributed by atoms with Crippen molar-refractivity contribution in [2.24, 2.45) is 0 Å². The van der Waals surface area contributed by atoms with Crippen molar-refractivity contribution in [2.75, 3.05) is 0 Å². The molecule has 70 heavy (non-hydrogen) atoms. The molecule has 0 N–H and O–H groups in total. The zero-order valence-electron chi connectivity index (χ0n) is 40.0. The molecule has 0 atom stereocenters. The first kappa shape index (κ1) is 40.3. The standard InChI is InChI=1S/C64H48N6/c1-37-15-21-54-46(31-37)47-32-38(2)16-22-55(47)67(54)61-60(43-27-29-65-30-28-43)62(68-56-23-17-39(3)33-48(56)49-34-40(4)18-24-57(49)68)64(70-58-25-19-41(5)35-50(58)51-36-42(6)20-26-59(51)70)66-63(61)69-52-13-9-7-11-44(52)45-12-8-10-14-53(45)69/h7-36H,1-6H3.